The Bertz CT molecular complexity index is 966. The minimum Gasteiger partial charge on any atom is -0.507 e. The Morgan fingerprint density at radius 3 is 2.62 bits per heavy atom. The van der Waals surface area contributed by atoms with Crippen molar-refractivity contribution in [1.29, 1.82) is 0 Å². The SMILES string of the molecule is CC1Oc2cc(O)c3c(=O)cc(F)n(N4CCN(C)CC4)c3c2NC1=O. The highest BCUT2D eigenvalue weighted by atomic mass is 19.1. The molecule has 1 atom stereocenters. The molecule has 1 saturated heterocycles. The first-order valence-corrected chi connectivity index (χ1v) is 8.39. The Morgan fingerprint density at radius 1 is 1.23 bits per heavy atom. The summed E-state index contributed by atoms with van der Waals surface area (Å²) in [5.41, 5.74) is -0.359. The summed E-state index contributed by atoms with van der Waals surface area (Å²) in [5, 5.41) is 14.7. The van der Waals surface area contributed by atoms with Crippen molar-refractivity contribution >= 4 is 22.5 Å². The molecule has 2 aliphatic rings. The molecule has 2 N–H and O–H groups in total. The maximum atomic E-state index is 14.8. The zero-order valence-corrected chi connectivity index (χ0v) is 14.5. The van der Waals surface area contributed by atoms with Gasteiger partial charge in [-0.25, -0.2) is 4.68 Å². The molecule has 1 unspecified atom stereocenters. The van der Waals surface area contributed by atoms with Gasteiger partial charge in [0.2, 0.25) is 5.95 Å². The average molecular weight is 362 g/mol. The van der Waals surface area contributed by atoms with E-state index in [0.29, 0.717) is 26.2 Å². The number of hydrogen-bond acceptors (Lipinski definition) is 6. The van der Waals surface area contributed by atoms with Gasteiger partial charge in [-0.2, -0.15) is 4.39 Å². The molecule has 1 aromatic heterocycles. The van der Waals surface area contributed by atoms with Crippen LogP contribution in [0, 0.1) is 5.95 Å². The highest BCUT2D eigenvalue weighted by Crippen LogP contribution is 2.40. The normalized spacial score (nSPS) is 20.7. The van der Waals surface area contributed by atoms with Crippen LogP contribution in [0.3, 0.4) is 0 Å². The standard InChI is InChI=1S/C17H19FN4O4/c1-9-17(25)19-15-12(26-9)7-10(23)14-11(24)8-13(18)22(16(14)15)21-5-3-20(2)4-6-21/h7-9,23H,3-6H2,1-2H3,(H,19,25). The second-order valence-electron chi connectivity index (χ2n) is 6.64. The number of ether oxygens (including phenoxy) is 1. The van der Waals surface area contributed by atoms with E-state index in [2.05, 4.69) is 10.2 Å². The number of hydrogen-bond donors (Lipinski definition) is 2. The van der Waals surface area contributed by atoms with E-state index < -0.39 is 23.4 Å². The van der Waals surface area contributed by atoms with Gasteiger partial charge >= 0.3 is 0 Å². The number of rotatable bonds is 1. The van der Waals surface area contributed by atoms with E-state index in [4.69, 9.17) is 4.74 Å². The lowest BCUT2D eigenvalue weighted by Gasteiger charge is -2.37. The fraction of sp³-hybridized carbons (Fsp3) is 0.412. The number of phenolic OH excluding ortho intramolecular Hbond substituents is 1. The first kappa shape index (κ1) is 16.6. The molecular formula is C17H19FN4O4. The molecule has 1 amide bonds. The fourth-order valence-electron chi connectivity index (χ4n) is 3.39. The van der Waals surface area contributed by atoms with Gasteiger partial charge in [0.25, 0.3) is 5.91 Å². The predicted octanol–water partition coefficient (Wildman–Crippen LogP) is 0.449. The monoisotopic (exact) mass is 362 g/mol. The summed E-state index contributed by atoms with van der Waals surface area (Å²) in [6.07, 6.45) is -0.753. The van der Waals surface area contributed by atoms with E-state index >= 15 is 0 Å². The largest absolute Gasteiger partial charge is 0.507 e. The molecule has 2 aliphatic heterocycles. The van der Waals surface area contributed by atoms with Crippen molar-refractivity contribution in [1.82, 2.24) is 9.58 Å². The van der Waals surface area contributed by atoms with Crippen molar-refractivity contribution in [3.05, 3.63) is 28.3 Å². The lowest BCUT2D eigenvalue weighted by Crippen LogP contribution is -2.51. The van der Waals surface area contributed by atoms with Crippen LogP contribution < -0.4 is 20.5 Å². The summed E-state index contributed by atoms with van der Waals surface area (Å²) in [6.45, 7) is 4.06. The van der Waals surface area contributed by atoms with Gasteiger partial charge < -0.3 is 25.1 Å². The Balaban J connectivity index is 2.02. The highest BCUT2D eigenvalue weighted by molar-refractivity contribution is 6.08. The van der Waals surface area contributed by atoms with Crippen molar-refractivity contribution in [2.45, 2.75) is 13.0 Å². The van der Waals surface area contributed by atoms with Crippen molar-refractivity contribution in [3.8, 4) is 11.5 Å². The molecule has 1 fully saturated rings. The average Bonchev–Trinajstić information content (AvgIpc) is 2.58. The van der Waals surface area contributed by atoms with Crippen molar-refractivity contribution < 1.29 is 19.0 Å². The molecule has 26 heavy (non-hydrogen) atoms. The van der Waals surface area contributed by atoms with Crippen LogP contribution in [0.15, 0.2) is 16.9 Å². The minimum absolute atomic E-state index is 0.0532. The molecule has 0 saturated carbocycles. The molecule has 4 rings (SSSR count). The van der Waals surface area contributed by atoms with Crippen LogP contribution in [0.5, 0.6) is 11.5 Å². The summed E-state index contributed by atoms with van der Waals surface area (Å²) in [4.78, 5) is 26.5. The van der Waals surface area contributed by atoms with Crippen LogP contribution in [0.25, 0.3) is 10.9 Å². The molecule has 0 spiro atoms. The van der Waals surface area contributed by atoms with Crippen molar-refractivity contribution in [2.24, 2.45) is 0 Å². The molecule has 138 valence electrons. The summed E-state index contributed by atoms with van der Waals surface area (Å²) in [5.74, 6) is -1.26. The first-order chi connectivity index (χ1) is 12.4. The summed E-state index contributed by atoms with van der Waals surface area (Å²) < 4.78 is 21.6. The number of pyridine rings is 1. The van der Waals surface area contributed by atoms with Crippen LogP contribution in [-0.4, -0.2) is 59.9 Å². The van der Waals surface area contributed by atoms with Gasteiger partial charge in [0.1, 0.15) is 22.7 Å². The number of piperazine rings is 1. The first-order valence-electron chi connectivity index (χ1n) is 8.39. The molecular weight excluding hydrogens is 343 g/mol. The molecule has 0 radical (unpaired) electrons. The summed E-state index contributed by atoms with van der Waals surface area (Å²) in [7, 11) is 1.97. The zero-order chi connectivity index (χ0) is 18.6. The Hall–Kier alpha value is -2.81. The lowest BCUT2D eigenvalue weighted by atomic mass is 10.1. The smallest absolute Gasteiger partial charge is 0.265 e. The van der Waals surface area contributed by atoms with E-state index in [1.165, 1.54) is 10.7 Å². The number of aromatic nitrogens is 1. The third kappa shape index (κ3) is 2.47. The van der Waals surface area contributed by atoms with Gasteiger partial charge in [-0.15, -0.1) is 0 Å². The Labute approximate surface area is 148 Å². The van der Waals surface area contributed by atoms with Crippen LogP contribution in [-0.2, 0) is 4.79 Å². The van der Waals surface area contributed by atoms with Crippen molar-refractivity contribution in [2.75, 3.05) is 43.6 Å². The number of fused-ring (bicyclic) bond motifs is 3. The number of carbonyl (C=O) groups excluding carboxylic acids is 1. The van der Waals surface area contributed by atoms with Gasteiger partial charge in [-0.3, -0.25) is 9.59 Å². The molecule has 3 heterocycles. The number of anilines is 1. The maximum absolute atomic E-state index is 14.8. The van der Waals surface area contributed by atoms with Gasteiger partial charge in [-0.05, 0) is 14.0 Å². The number of aromatic hydroxyl groups is 1. The third-order valence-corrected chi connectivity index (χ3v) is 4.84. The molecule has 0 aliphatic carbocycles. The molecule has 9 heteroatoms. The number of halogens is 1. The maximum Gasteiger partial charge on any atom is 0.265 e. The molecule has 1 aromatic carbocycles. The van der Waals surface area contributed by atoms with Crippen LogP contribution >= 0.6 is 0 Å². The van der Waals surface area contributed by atoms with Crippen LogP contribution in [0.2, 0.25) is 0 Å². The van der Waals surface area contributed by atoms with Crippen molar-refractivity contribution in [3.63, 3.8) is 0 Å². The summed E-state index contributed by atoms with van der Waals surface area (Å²) in [6, 6.07) is 2.13. The van der Waals surface area contributed by atoms with E-state index in [-0.39, 0.29) is 28.1 Å². The highest BCUT2D eigenvalue weighted by Gasteiger charge is 2.30. The second-order valence-corrected chi connectivity index (χ2v) is 6.64. The van der Waals surface area contributed by atoms with Gasteiger partial charge in [0, 0.05) is 38.3 Å². The minimum atomic E-state index is -0.757. The molecule has 8 nitrogen and oxygen atoms in total. The second kappa shape index (κ2) is 5.87. The number of phenols is 1. The fourth-order valence-corrected chi connectivity index (χ4v) is 3.39. The van der Waals surface area contributed by atoms with Gasteiger partial charge in [-0.1, -0.05) is 0 Å². The number of likely N-dealkylation sites (N-methyl/N-ethyl adjacent to an activating group) is 1. The Kier molecular flexibility index (Phi) is 3.76. The lowest BCUT2D eigenvalue weighted by molar-refractivity contribution is -0.122. The summed E-state index contributed by atoms with van der Waals surface area (Å²) >= 11 is 0. The van der Waals surface area contributed by atoms with E-state index in [0.717, 1.165) is 6.07 Å². The Morgan fingerprint density at radius 2 is 1.92 bits per heavy atom. The predicted molar refractivity (Wildman–Crippen MR) is 94.0 cm³/mol. The quantitative estimate of drug-likeness (QED) is 0.566. The van der Waals surface area contributed by atoms with E-state index in [1.54, 1.807) is 11.9 Å². The van der Waals surface area contributed by atoms with E-state index in [1.807, 2.05) is 7.05 Å². The number of amides is 1. The van der Waals surface area contributed by atoms with Crippen LogP contribution in [0.1, 0.15) is 6.92 Å². The topological polar surface area (TPSA) is 87.0 Å². The van der Waals surface area contributed by atoms with Gasteiger partial charge in [0.15, 0.2) is 11.5 Å². The van der Waals surface area contributed by atoms with Gasteiger partial charge in [0.05, 0.1) is 5.39 Å². The number of nitrogens with zero attached hydrogens (tertiary/aromatic N) is 3. The number of carbonyl (C=O) groups is 1. The van der Waals surface area contributed by atoms with E-state index in [9.17, 15) is 19.1 Å². The number of benzene rings is 1. The number of nitrogens with one attached hydrogen (secondary N) is 1. The third-order valence-electron chi connectivity index (χ3n) is 4.84. The molecule has 0 bridgehead atoms. The van der Waals surface area contributed by atoms with Crippen LogP contribution in [0.4, 0.5) is 10.1 Å². The molecule has 2 aromatic rings. The zero-order valence-electron chi connectivity index (χ0n) is 14.5.